The highest BCUT2D eigenvalue weighted by Crippen LogP contribution is 2.31. The number of anilines is 1. The first-order chi connectivity index (χ1) is 10.6. The van der Waals surface area contributed by atoms with Crippen LogP contribution in [0.2, 0.25) is 0 Å². The molecule has 1 aromatic rings. The Hall–Kier alpha value is -2.10. The van der Waals surface area contributed by atoms with Crippen LogP contribution in [-0.4, -0.2) is 11.8 Å². The summed E-state index contributed by atoms with van der Waals surface area (Å²) in [4.78, 5) is 24.8. The molecule has 0 aliphatic heterocycles. The molecule has 22 heavy (non-hydrogen) atoms. The highest BCUT2D eigenvalue weighted by molar-refractivity contribution is 6.10. The van der Waals surface area contributed by atoms with Gasteiger partial charge in [0, 0.05) is 5.69 Å². The number of para-hydroxylation sites is 1. The minimum atomic E-state index is -1.18. The maximum atomic E-state index is 12.7. The van der Waals surface area contributed by atoms with Crippen LogP contribution in [0.25, 0.3) is 0 Å². The van der Waals surface area contributed by atoms with Gasteiger partial charge >= 0.3 is 0 Å². The molecule has 1 unspecified atom stereocenters. The zero-order valence-corrected chi connectivity index (χ0v) is 13.5. The molecule has 1 rings (SSSR count). The van der Waals surface area contributed by atoms with E-state index in [1.807, 2.05) is 37.3 Å². The Labute approximate surface area is 132 Å². The lowest BCUT2D eigenvalue weighted by Crippen LogP contribution is -2.46. The van der Waals surface area contributed by atoms with Crippen molar-refractivity contribution in [1.29, 1.82) is 0 Å². The summed E-state index contributed by atoms with van der Waals surface area (Å²) >= 11 is 0. The van der Waals surface area contributed by atoms with Crippen molar-refractivity contribution < 1.29 is 9.59 Å². The molecule has 0 saturated carbocycles. The van der Waals surface area contributed by atoms with Crippen molar-refractivity contribution in [3.05, 3.63) is 42.5 Å². The first kappa shape index (κ1) is 18.0. The highest BCUT2D eigenvalue weighted by Gasteiger charge is 2.42. The molecule has 0 radical (unpaired) electrons. The normalized spacial score (nSPS) is 13.7. The van der Waals surface area contributed by atoms with Gasteiger partial charge in [0.1, 0.15) is 5.41 Å². The van der Waals surface area contributed by atoms with Crippen LogP contribution in [0.1, 0.15) is 46.0 Å². The molecule has 1 aromatic carbocycles. The second-order valence-corrected chi connectivity index (χ2v) is 5.50. The minimum Gasteiger partial charge on any atom is -0.369 e. The van der Waals surface area contributed by atoms with E-state index >= 15 is 0 Å². The summed E-state index contributed by atoms with van der Waals surface area (Å²) in [6.45, 7) is 3.95. The van der Waals surface area contributed by atoms with Gasteiger partial charge in [0.2, 0.25) is 11.8 Å². The van der Waals surface area contributed by atoms with E-state index in [0.717, 1.165) is 19.3 Å². The molecule has 0 fully saturated rings. The Morgan fingerprint density at radius 1 is 1.23 bits per heavy atom. The molecule has 0 spiro atoms. The van der Waals surface area contributed by atoms with Crippen molar-refractivity contribution >= 4 is 17.5 Å². The Morgan fingerprint density at radius 3 is 2.45 bits per heavy atom. The summed E-state index contributed by atoms with van der Waals surface area (Å²) in [5.41, 5.74) is 5.11. The Morgan fingerprint density at radius 2 is 1.91 bits per heavy atom. The number of nitrogens with two attached hydrogens (primary N) is 1. The predicted octanol–water partition coefficient (Wildman–Crippen LogP) is 3.64. The van der Waals surface area contributed by atoms with Crippen LogP contribution < -0.4 is 11.1 Å². The van der Waals surface area contributed by atoms with E-state index in [0.29, 0.717) is 18.5 Å². The molecule has 0 heterocycles. The lowest BCUT2D eigenvalue weighted by Gasteiger charge is -2.28. The second kappa shape index (κ2) is 9.03. The lowest BCUT2D eigenvalue weighted by molar-refractivity contribution is -0.139. The average Bonchev–Trinajstić information content (AvgIpc) is 2.51. The smallest absolute Gasteiger partial charge is 0.240 e. The van der Waals surface area contributed by atoms with E-state index in [1.54, 1.807) is 12.1 Å². The summed E-state index contributed by atoms with van der Waals surface area (Å²) < 4.78 is 0. The molecule has 0 aromatic heterocycles. The fraction of sp³-hybridized carbons (Fsp3) is 0.444. The first-order valence-electron chi connectivity index (χ1n) is 7.84. The molecule has 3 N–H and O–H groups in total. The number of hydrogen-bond acceptors (Lipinski definition) is 2. The van der Waals surface area contributed by atoms with E-state index < -0.39 is 11.3 Å². The molecule has 0 aliphatic carbocycles. The maximum Gasteiger partial charge on any atom is 0.240 e. The Kier molecular flexibility index (Phi) is 7.37. The molecule has 4 nitrogen and oxygen atoms in total. The number of carbonyl (C=O) groups is 2. The highest BCUT2D eigenvalue weighted by atomic mass is 16.2. The number of rotatable bonds is 9. The molecule has 2 amide bonds. The summed E-state index contributed by atoms with van der Waals surface area (Å²) in [6.07, 6.45) is 7.29. The fourth-order valence-electron chi connectivity index (χ4n) is 2.41. The first-order valence-corrected chi connectivity index (χ1v) is 7.84. The van der Waals surface area contributed by atoms with E-state index in [4.69, 9.17) is 5.73 Å². The second-order valence-electron chi connectivity index (χ2n) is 5.50. The van der Waals surface area contributed by atoms with Crippen LogP contribution >= 0.6 is 0 Å². The maximum absolute atomic E-state index is 12.7. The largest absolute Gasteiger partial charge is 0.369 e. The lowest BCUT2D eigenvalue weighted by atomic mass is 9.77. The summed E-state index contributed by atoms with van der Waals surface area (Å²) in [5.74, 6) is -0.879. The van der Waals surface area contributed by atoms with Gasteiger partial charge in [-0.15, -0.1) is 0 Å². The molecule has 1 atom stereocenters. The number of unbranched alkanes of at least 4 members (excludes halogenated alkanes) is 2. The molecule has 0 aliphatic rings. The van der Waals surface area contributed by atoms with Crippen LogP contribution in [-0.2, 0) is 9.59 Å². The van der Waals surface area contributed by atoms with Crippen molar-refractivity contribution in [2.75, 3.05) is 5.32 Å². The zero-order valence-electron chi connectivity index (χ0n) is 13.5. The molecule has 0 bridgehead atoms. The van der Waals surface area contributed by atoms with Gasteiger partial charge < -0.3 is 11.1 Å². The van der Waals surface area contributed by atoms with Crippen LogP contribution in [0.4, 0.5) is 5.69 Å². The number of carbonyl (C=O) groups excluding carboxylic acids is 2. The Bertz CT molecular complexity index is 511. The molecular formula is C18H26N2O2. The number of allylic oxidation sites excluding steroid dienone is 2. The summed E-state index contributed by atoms with van der Waals surface area (Å²) in [6, 6.07) is 9.14. The quantitative estimate of drug-likeness (QED) is 0.415. The third-order valence-corrected chi connectivity index (χ3v) is 3.85. The standard InChI is InChI=1S/C18H26N2O2/c1-3-5-10-14-18(16(19)21,13-6-4-2)17(22)20-15-11-8-7-9-12-15/h4,6-9,11-12H,3,5,10,13-14H2,1-2H3,(H2,19,21)(H,20,22). The third kappa shape index (κ3) is 4.72. The van der Waals surface area contributed by atoms with Crippen LogP contribution in [0, 0.1) is 5.41 Å². The molecule has 4 heteroatoms. The number of hydrogen-bond donors (Lipinski definition) is 2. The molecule has 120 valence electrons. The average molecular weight is 302 g/mol. The van der Waals surface area contributed by atoms with Crippen molar-refractivity contribution in [2.24, 2.45) is 11.1 Å². The number of amides is 2. The van der Waals surface area contributed by atoms with Crippen LogP contribution in [0.3, 0.4) is 0 Å². The Balaban J connectivity index is 2.99. The third-order valence-electron chi connectivity index (χ3n) is 3.85. The molecule has 0 saturated heterocycles. The van der Waals surface area contributed by atoms with E-state index in [2.05, 4.69) is 12.2 Å². The van der Waals surface area contributed by atoms with Crippen LogP contribution in [0.15, 0.2) is 42.5 Å². The summed E-state index contributed by atoms with van der Waals surface area (Å²) in [5, 5.41) is 2.83. The topological polar surface area (TPSA) is 72.2 Å². The van der Waals surface area contributed by atoms with Gasteiger partial charge in [0.15, 0.2) is 0 Å². The predicted molar refractivity (Wildman–Crippen MR) is 90.3 cm³/mol. The van der Waals surface area contributed by atoms with Crippen molar-refractivity contribution in [3.8, 4) is 0 Å². The number of nitrogens with one attached hydrogen (secondary N) is 1. The van der Waals surface area contributed by atoms with Crippen LogP contribution in [0.5, 0.6) is 0 Å². The SMILES string of the molecule is CC=CCC(CCCCC)(C(N)=O)C(=O)Nc1ccccc1. The van der Waals surface area contributed by atoms with Gasteiger partial charge in [0.25, 0.3) is 0 Å². The van der Waals surface area contributed by atoms with Crippen molar-refractivity contribution in [2.45, 2.75) is 46.0 Å². The van der Waals surface area contributed by atoms with Gasteiger partial charge in [-0.25, -0.2) is 0 Å². The van der Waals surface area contributed by atoms with Crippen molar-refractivity contribution in [3.63, 3.8) is 0 Å². The van der Waals surface area contributed by atoms with Gasteiger partial charge in [0.05, 0.1) is 0 Å². The molecular weight excluding hydrogens is 276 g/mol. The minimum absolute atomic E-state index is 0.319. The number of benzene rings is 1. The number of primary amides is 1. The monoisotopic (exact) mass is 302 g/mol. The van der Waals surface area contributed by atoms with Crippen molar-refractivity contribution in [1.82, 2.24) is 0 Å². The van der Waals surface area contributed by atoms with Gasteiger partial charge in [-0.1, -0.05) is 56.5 Å². The van der Waals surface area contributed by atoms with E-state index in [1.165, 1.54) is 0 Å². The van der Waals surface area contributed by atoms with E-state index in [9.17, 15) is 9.59 Å². The zero-order chi connectivity index (χ0) is 16.4. The van der Waals surface area contributed by atoms with Gasteiger partial charge in [-0.05, 0) is 31.9 Å². The van der Waals surface area contributed by atoms with E-state index in [-0.39, 0.29) is 5.91 Å². The fourth-order valence-corrected chi connectivity index (χ4v) is 2.41. The van der Waals surface area contributed by atoms with Gasteiger partial charge in [-0.2, -0.15) is 0 Å². The summed E-state index contributed by atoms with van der Waals surface area (Å²) in [7, 11) is 0. The van der Waals surface area contributed by atoms with Gasteiger partial charge in [-0.3, -0.25) is 9.59 Å².